The highest BCUT2D eigenvalue weighted by molar-refractivity contribution is 9.10. The Morgan fingerprint density at radius 1 is 1.29 bits per heavy atom. The van der Waals surface area contributed by atoms with E-state index in [4.69, 9.17) is 0 Å². The Morgan fingerprint density at radius 2 is 2.07 bits per heavy atom. The number of nitrogens with zero attached hydrogens (tertiary/aromatic N) is 1. The van der Waals surface area contributed by atoms with Gasteiger partial charge in [-0.15, -0.1) is 0 Å². The van der Waals surface area contributed by atoms with Crippen LogP contribution in [0, 0.1) is 0 Å². The van der Waals surface area contributed by atoms with Crippen molar-refractivity contribution in [2.45, 2.75) is 12.8 Å². The van der Waals surface area contributed by atoms with Crippen LogP contribution in [-0.4, -0.2) is 4.98 Å². The van der Waals surface area contributed by atoms with Crippen molar-refractivity contribution in [3.63, 3.8) is 0 Å². The lowest BCUT2D eigenvalue weighted by atomic mass is 10.1. The third-order valence-electron chi connectivity index (χ3n) is 1.87. The van der Waals surface area contributed by atoms with Gasteiger partial charge in [-0.1, -0.05) is 29.4 Å². The Morgan fingerprint density at radius 3 is 2.79 bits per heavy atom. The van der Waals surface area contributed by atoms with Gasteiger partial charge in [0.25, 0.3) is 0 Å². The van der Waals surface area contributed by atoms with E-state index in [2.05, 4.69) is 55.0 Å². The van der Waals surface area contributed by atoms with E-state index in [-0.39, 0.29) is 7.43 Å². The first-order valence-electron chi connectivity index (χ1n) is 3.90. The van der Waals surface area contributed by atoms with Crippen molar-refractivity contribution in [1.82, 2.24) is 4.98 Å². The largest absolute Gasteiger partial charge is 0.255 e. The fourth-order valence-electron chi connectivity index (χ4n) is 1.28. The highest BCUT2D eigenvalue weighted by Crippen LogP contribution is 2.24. The second-order valence-electron chi connectivity index (χ2n) is 2.79. The molecule has 0 aliphatic heterocycles. The van der Waals surface area contributed by atoms with Crippen molar-refractivity contribution >= 4 is 42.8 Å². The fraction of sp³-hybridized carbons (Fsp3) is 0.182. The molecule has 2 aromatic rings. The van der Waals surface area contributed by atoms with Crippen LogP contribution in [0.1, 0.15) is 13.0 Å². The molecule has 0 fully saturated rings. The number of aromatic nitrogens is 1. The zero-order valence-corrected chi connectivity index (χ0v) is 9.97. The van der Waals surface area contributed by atoms with Crippen LogP contribution >= 0.6 is 31.9 Å². The van der Waals surface area contributed by atoms with Crippen LogP contribution in [-0.2, 0) is 5.33 Å². The molecule has 14 heavy (non-hydrogen) atoms. The molecular weight excluding hydrogens is 306 g/mol. The summed E-state index contributed by atoms with van der Waals surface area (Å²) in [5, 5.41) is 2.04. The molecule has 0 amide bonds. The van der Waals surface area contributed by atoms with Crippen molar-refractivity contribution in [2.75, 3.05) is 0 Å². The standard InChI is InChI=1S/C10H7Br2N.CH4/c11-6-7-4-8-2-1-3-13-10(8)9(12)5-7;/h1-5H,6H2;1H4. The molecule has 0 saturated carbocycles. The van der Waals surface area contributed by atoms with Gasteiger partial charge >= 0.3 is 0 Å². The van der Waals surface area contributed by atoms with E-state index in [0.29, 0.717) is 0 Å². The van der Waals surface area contributed by atoms with Crippen LogP contribution in [0.25, 0.3) is 10.9 Å². The minimum absolute atomic E-state index is 0. The first kappa shape index (κ1) is 11.7. The lowest BCUT2D eigenvalue weighted by Gasteiger charge is -2.02. The van der Waals surface area contributed by atoms with E-state index in [1.165, 1.54) is 10.9 Å². The van der Waals surface area contributed by atoms with Crippen molar-refractivity contribution in [3.8, 4) is 0 Å². The lowest BCUT2D eigenvalue weighted by molar-refractivity contribution is 1.37. The number of pyridine rings is 1. The molecule has 0 aliphatic carbocycles. The summed E-state index contributed by atoms with van der Waals surface area (Å²) in [6.45, 7) is 0. The summed E-state index contributed by atoms with van der Waals surface area (Å²) in [6.07, 6.45) is 1.81. The summed E-state index contributed by atoms with van der Waals surface area (Å²) >= 11 is 6.94. The molecule has 0 aliphatic rings. The maximum atomic E-state index is 4.29. The van der Waals surface area contributed by atoms with Gasteiger partial charge in [-0.2, -0.15) is 0 Å². The molecule has 1 heterocycles. The van der Waals surface area contributed by atoms with Crippen molar-refractivity contribution < 1.29 is 0 Å². The third-order valence-corrected chi connectivity index (χ3v) is 3.12. The number of rotatable bonds is 1. The van der Waals surface area contributed by atoms with Gasteiger partial charge in [0, 0.05) is 21.4 Å². The Labute approximate surface area is 101 Å². The predicted molar refractivity (Wildman–Crippen MR) is 68.8 cm³/mol. The van der Waals surface area contributed by atoms with Gasteiger partial charge in [0.15, 0.2) is 0 Å². The second-order valence-corrected chi connectivity index (χ2v) is 4.20. The van der Waals surface area contributed by atoms with E-state index < -0.39 is 0 Å². The maximum absolute atomic E-state index is 4.29. The van der Waals surface area contributed by atoms with E-state index in [1.807, 2.05) is 6.07 Å². The number of halogens is 2. The first-order valence-corrected chi connectivity index (χ1v) is 5.82. The van der Waals surface area contributed by atoms with Crippen molar-refractivity contribution in [2.24, 2.45) is 0 Å². The molecule has 1 nitrogen and oxygen atoms in total. The van der Waals surface area contributed by atoms with Gasteiger partial charge < -0.3 is 0 Å². The molecule has 0 bridgehead atoms. The average molecular weight is 317 g/mol. The minimum Gasteiger partial charge on any atom is -0.255 e. The molecule has 2 rings (SSSR count). The summed E-state index contributed by atoms with van der Waals surface area (Å²) in [7, 11) is 0. The van der Waals surface area contributed by atoms with Crippen LogP contribution in [0.4, 0.5) is 0 Å². The normalized spacial score (nSPS) is 9.86. The van der Waals surface area contributed by atoms with Gasteiger partial charge in [-0.3, -0.25) is 4.98 Å². The summed E-state index contributed by atoms with van der Waals surface area (Å²) in [6, 6.07) is 8.25. The van der Waals surface area contributed by atoms with E-state index in [0.717, 1.165) is 15.3 Å². The Kier molecular flexibility index (Phi) is 4.08. The predicted octanol–water partition coefficient (Wildman–Crippen LogP) is 4.53. The van der Waals surface area contributed by atoms with Crippen LogP contribution in [0.15, 0.2) is 34.9 Å². The van der Waals surface area contributed by atoms with Gasteiger partial charge in [0.2, 0.25) is 0 Å². The molecule has 0 unspecified atom stereocenters. The zero-order valence-electron chi connectivity index (χ0n) is 6.80. The topological polar surface area (TPSA) is 12.9 Å². The molecule has 3 heteroatoms. The SMILES string of the molecule is BrCc1cc(Br)c2ncccc2c1.C. The molecule has 0 saturated heterocycles. The Hall–Kier alpha value is -0.410. The van der Waals surface area contributed by atoms with Crippen LogP contribution in [0.3, 0.4) is 0 Å². The minimum atomic E-state index is 0. The highest BCUT2D eigenvalue weighted by atomic mass is 79.9. The van der Waals surface area contributed by atoms with Crippen molar-refractivity contribution in [3.05, 3.63) is 40.5 Å². The quantitative estimate of drug-likeness (QED) is 0.704. The first-order chi connectivity index (χ1) is 6.31. The summed E-state index contributed by atoms with van der Waals surface area (Å²) in [4.78, 5) is 4.29. The third kappa shape index (κ3) is 2.15. The van der Waals surface area contributed by atoms with Gasteiger partial charge in [-0.25, -0.2) is 0 Å². The molecule has 0 atom stereocenters. The van der Waals surface area contributed by atoms with Crippen molar-refractivity contribution in [1.29, 1.82) is 0 Å². The summed E-state index contributed by atoms with van der Waals surface area (Å²) in [5.41, 5.74) is 2.28. The second kappa shape index (κ2) is 4.89. The maximum Gasteiger partial charge on any atom is 0.0844 e. The summed E-state index contributed by atoms with van der Waals surface area (Å²) < 4.78 is 1.06. The Balaban J connectivity index is 0.000000980. The number of alkyl halides is 1. The van der Waals surface area contributed by atoms with E-state index >= 15 is 0 Å². The number of hydrogen-bond acceptors (Lipinski definition) is 1. The van der Waals surface area contributed by atoms with Crippen LogP contribution < -0.4 is 0 Å². The highest BCUT2D eigenvalue weighted by Gasteiger charge is 2.01. The van der Waals surface area contributed by atoms with Crippen LogP contribution in [0.2, 0.25) is 0 Å². The molecule has 1 aromatic carbocycles. The smallest absolute Gasteiger partial charge is 0.0844 e. The van der Waals surface area contributed by atoms with Gasteiger partial charge in [0.1, 0.15) is 0 Å². The number of benzene rings is 1. The molecule has 1 aromatic heterocycles. The van der Waals surface area contributed by atoms with Gasteiger partial charge in [0.05, 0.1) is 5.52 Å². The van der Waals surface area contributed by atoms with Crippen LogP contribution in [0.5, 0.6) is 0 Å². The average Bonchev–Trinajstić information content (AvgIpc) is 2.18. The number of hydrogen-bond donors (Lipinski definition) is 0. The Bertz CT molecular complexity index is 440. The number of fused-ring (bicyclic) bond motifs is 1. The lowest BCUT2D eigenvalue weighted by Crippen LogP contribution is -1.83. The van der Waals surface area contributed by atoms with E-state index in [9.17, 15) is 0 Å². The molecule has 0 spiro atoms. The monoisotopic (exact) mass is 315 g/mol. The summed E-state index contributed by atoms with van der Waals surface area (Å²) in [5.74, 6) is 0. The molecule has 74 valence electrons. The molecular formula is C11H11Br2N. The zero-order chi connectivity index (χ0) is 9.26. The van der Waals surface area contributed by atoms with E-state index in [1.54, 1.807) is 6.20 Å². The molecule has 0 N–H and O–H groups in total. The van der Waals surface area contributed by atoms with Gasteiger partial charge in [-0.05, 0) is 39.7 Å². The fourth-order valence-corrected chi connectivity index (χ4v) is 2.23. The molecule has 0 radical (unpaired) electrons.